The third kappa shape index (κ3) is 3.74. The van der Waals surface area contributed by atoms with E-state index in [0.29, 0.717) is 12.5 Å². The van der Waals surface area contributed by atoms with Crippen molar-refractivity contribution in [1.29, 1.82) is 0 Å². The normalized spacial score (nSPS) is 23.3. The largest absolute Gasteiger partial charge is 0.497 e. The van der Waals surface area contributed by atoms with Crippen molar-refractivity contribution in [2.24, 2.45) is 5.41 Å². The fraction of sp³-hybridized carbons (Fsp3) is 0.500. The van der Waals surface area contributed by atoms with Gasteiger partial charge >= 0.3 is 0 Å². The van der Waals surface area contributed by atoms with Crippen molar-refractivity contribution in [2.45, 2.75) is 39.3 Å². The third-order valence-electron chi connectivity index (χ3n) is 5.94. The summed E-state index contributed by atoms with van der Waals surface area (Å²) in [4.78, 5) is 17.8. The Labute approximate surface area is 160 Å². The summed E-state index contributed by atoms with van der Waals surface area (Å²) in [7, 11) is 1.67. The van der Waals surface area contributed by atoms with E-state index in [1.54, 1.807) is 7.11 Å². The van der Waals surface area contributed by atoms with Crippen molar-refractivity contribution in [2.75, 3.05) is 26.7 Å². The van der Waals surface area contributed by atoms with Crippen LogP contribution in [-0.4, -0.2) is 42.5 Å². The van der Waals surface area contributed by atoms with Crippen molar-refractivity contribution in [1.82, 2.24) is 9.80 Å². The maximum Gasteiger partial charge on any atom is 0.230 e. The summed E-state index contributed by atoms with van der Waals surface area (Å²) in [6.45, 7) is 6.05. The topological polar surface area (TPSA) is 45.9 Å². The molecular weight excluding hydrogens is 340 g/mol. The van der Waals surface area contributed by atoms with E-state index in [9.17, 15) is 4.79 Å². The number of hydrogen-bond acceptors (Lipinski definition) is 4. The molecule has 3 heterocycles. The van der Waals surface area contributed by atoms with Gasteiger partial charge in [-0.1, -0.05) is 12.1 Å². The van der Waals surface area contributed by atoms with Crippen LogP contribution in [0, 0.1) is 12.3 Å². The minimum atomic E-state index is -0.223. The Balaban J connectivity index is 1.43. The molecule has 2 aromatic rings. The molecule has 1 unspecified atom stereocenters. The summed E-state index contributed by atoms with van der Waals surface area (Å²) in [5.41, 5.74) is 0.902. The molecule has 27 heavy (non-hydrogen) atoms. The van der Waals surface area contributed by atoms with E-state index < -0.39 is 0 Å². The highest BCUT2D eigenvalue weighted by atomic mass is 16.5. The van der Waals surface area contributed by atoms with Gasteiger partial charge in [0, 0.05) is 19.6 Å². The van der Waals surface area contributed by atoms with Crippen LogP contribution in [0.25, 0.3) is 0 Å². The van der Waals surface area contributed by atoms with Crippen molar-refractivity contribution < 1.29 is 13.9 Å². The van der Waals surface area contributed by atoms with Gasteiger partial charge in [-0.25, -0.2) is 0 Å². The summed E-state index contributed by atoms with van der Waals surface area (Å²) in [6, 6.07) is 12.1. The lowest BCUT2D eigenvalue weighted by molar-refractivity contribution is -0.146. The van der Waals surface area contributed by atoms with Crippen LogP contribution >= 0.6 is 0 Å². The highest BCUT2D eigenvalue weighted by molar-refractivity contribution is 5.84. The summed E-state index contributed by atoms with van der Waals surface area (Å²) in [6.07, 6.45) is 3.01. The summed E-state index contributed by atoms with van der Waals surface area (Å²) >= 11 is 0. The molecule has 4 rings (SSSR count). The second-order valence-corrected chi connectivity index (χ2v) is 7.94. The monoisotopic (exact) mass is 368 g/mol. The van der Waals surface area contributed by atoms with Crippen LogP contribution in [0.2, 0.25) is 0 Å². The quantitative estimate of drug-likeness (QED) is 0.809. The molecule has 144 valence electrons. The second kappa shape index (κ2) is 7.39. The number of rotatable bonds is 5. The van der Waals surface area contributed by atoms with Gasteiger partial charge in [0.1, 0.15) is 17.3 Å². The Hall–Kier alpha value is -2.27. The third-order valence-corrected chi connectivity index (χ3v) is 5.94. The van der Waals surface area contributed by atoms with Gasteiger partial charge in [-0.2, -0.15) is 0 Å². The predicted octanol–water partition coefficient (Wildman–Crippen LogP) is 3.61. The number of carbonyl (C=O) groups excluding carboxylic acids is 1. The van der Waals surface area contributed by atoms with Crippen LogP contribution < -0.4 is 4.74 Å². The van der Waals surface area contributed by atoms with E-state index in [-0.39, 0.29) is 5.41 Å². The molecule has 0 radical (unpaired) electrons. The first-order valence-electron chi connectivity index (χ1n) is 9.78. The molecule has 0 saturated carbocycles. The molecule has 2 fully saturated rings. The molecule has 1 aromatic heterocycles. The average Bonchev–Trinajstić information content (AvgIpc) is 3.26. The van der Waals surface area contributed by atoms with Gasteiger partial charge < -0.3 is 14.1 Å². The molecule has 1 amide bonds. The summed E-state index contributed by atoms with van der Waals surface area (Å²) < 4.78 is 11.0. The molecule has 5 nitrogen and oxygen atoms in total. The summed E-state index contributed by atoms with van der Waals surface area (Å²) in [5, 5.41) is 0. The molecule has 0 N–H and O–H groups in total. The predicted molar refractivity (Wildman–Crippen MR) is 103 cm³/mol. The number of carbonyl (C=O) groups is 1. The van der Waals surface area contributed by atoms with Gasteiger partial charge in [0.05, 0.1) is 19.1 Å². The van der Waals surface area contributed by atoms with E-state index in [1.807, 2.05) is 42.2 Å². The Morgan fingerprint density at radius 3 is 2.81 bits per heavy atom. The van der Waals surface area contributed by atoms with Crippen LogP contribution in [0.5, 0.6) is 5.75 Å². The number of furan rings is 1. The fourth-order valence-corrected chi connectivity index (χ4v) is 4.56. The Morgan fingerprint density at radius 1 is 1.15 bits per heavy atom. The molecule has 2 saturated heterocycles. The average molecular weight is 368 g/mol. The van der Waals surface area contributed by atoms with Crippen molar-refractivity contribution in [3.8, 4) is 5.75 Å². The summed E-state index contributed by atoms with van der Waals surface area (Å²) in [5.74, 6) is 3.08. The molecular formula is C22H28N2O3. The molecule has 1 spiro atoms. The van der Waals surface area contributed by atoms with Gasteiger partial charge in [0.2, 0.25) is 5.91 Å². The van der Waals surface area contributed by atoms with E-state index >= 15 is 0 Å². The lowest BCUT2D eigenvalue weighted by atomic mass is 9.78. The molecule has 1 aromatic carbocycles. The van der Waals surface area contributed by atoms with Gasteiger partial charge in [-0.05, 0) is 62.6 Å². The number of methoxy groups -OCH3 is 1. The number of piperidine rings is 1. The van der Waals surface area contributed by atoms with E-state index in [1.165, 1.54) is 0 Å². The van der Waals surface area contributed by atoms with Gasteiger partial charge in [-0.3, -0.25) is 9.69 Å². The number of likely N-dealkylation sites (tertiary alicyclic amines) is 2. The molecule has 1 atom stereocenters. The zero-order valence-corrected chi connectivity index (χ0v) is 16.2. The van der Waals surface area contributed by atoms with Crippen LogP contribution in [0.4, 0.5) is 0 Å². The van der Waals surface area contributed by atoms with Gasteiger partial charge in [0.25, 0.3) is 0 Å². The molecule has 2 aliphatic heterocycles. The maximum atomic E-state index is 13.4. The second-order valence-electron chi connectivity index (χ2n) is 7.94. The minimum absolute atomic E-state index is 0.223. The molecule has 0 bridgehead atoms. The van der Waals surface area contributed by atoms with Crippen LogP contribution in [-0.2, 0) is 17.9 Å². The van der Waals surface area contributed by atoms with Gasteiger partial charge in [0.15, 0.2) is 0 Å². The van der Waals surface area contributed by atoms with E-state index in [2.05, 4.69) is 11.0 Å². The Kier molecular flexibility index (Phi) is 4.96. The number of hydrogen-bond donors (Lipinski definition) is 0. The number of amides is 1. The number of aryl methyl sites for hydroxylation is 1. The van der Waals surface area contributed by atoms with Crippen molar-refractivity contribution in [3.05, 3.63) is 53.5 Å². The molecule has 5 heteroatoms. The van der Waals surface area contributed by atoms with Crippen LogP contribution in [0.1, 0.15) is 36.3 Å². The maximum absolute atomic E-state index is 13.4. The van der Waals surface area contributed by atoms with E-state index in [4.69, 9.17) is 9.15 Å². The van der Waals surface area contributed by atoms with Crippen molar-refractivity contribution in [3.63, 3.8) is 0 Å². The Bertz CT molecular complexity index is 815. The lowest BCUT2D eigenvalue weighted by Gasteiger charge is -2.39. The van der Waals surface area contributed by atoms with Crippen LogP contribution in [0.15, 0.2) is 40.8 Å². The fourth-order valence-electron chi connectivity index (χ4n) is 4.56. The first kappa shape index (κ1) is 18.1. The number of nitrogens with zero attached hydrogens (tertiary/aromatic N) is 2. The first-order chi connectivity index (χ1) is 13.1. The minimum Gasteiger partial charge on any atom is -0.497 e. The smallest absolute Gasteiger partial charge is 0.230 e. The highest BCUT2D eigenvalue weighted by Crippen LogP contribution is 2.41. The molecule has 0 aliphatic carbocycles. The number of benzene rings is 1. The number of ether oxygens (including phenoxy) is 1. The van der Waals surface area contributed by atoms with E-state index in [0.717, 1.165) is 68.3 Å². The lowest BCUT2D eigenvalue weighted by Crippen LogP contribution is -2.49. The first-order valence-corrected chi connectivity index (χ1v) is 9.78. The highest BCUT2D eigenvalue weighted by Gasteiger charge is 2.48. The Morgan fingerprint density at radius 2 is 2.04 bits per heavy atom. The van der Waals surface area contributed by atoms with Crippen molar-refractivity contribution >= 4 is 5.91 Å². The zero-order chi connectivity index (χ0) is 18.9. The zero-order valence-electron chi connectivity index (χ0n) is 16.2. The SMILES string of the molecule is COc1cccc(CN2CCCC3(CCN(Cc4ccc(C)o4)C3)C2=O)c1. The van der Waals surface area contributed by atoms with Gasteiger partial charge in [-0.15, -0.1) is 0 Å². The molecule has 2 aliphatic rings. The van der Waals surface area contributed by atoms with Crippen LogP contribution in [0.3, 0.4) is 0 Å². The standard InChI is InChI=1S/C22H28N2O3/c1-17-7-8-20(27-17)15-23-12-10-22(16-23)9-4-11-24(21(22)25)14-18-5-3-6-19(13-18)26-2/h3,5-8,13H,4,9-12,14-16H2,1-2H3.